The quantitative estimate of drug-likeness (QED) is 0.829. The number of carbonyl (C=O) groups excluding carboxylic acids is 1. The van der Waals surface area contributed by atoms with Crippen molar-refractivity contribution in [2.75, 3.05) is 32.4 Å². The summed E-state index contributed by atoms with van der Waals surface area (Å²) in [5.41, 5.74) is 2.24. The fraction of sp³-hybridized carbons (Fsp3) is 0.316. The summed E-state index contributed by atoms with van der Waals surface area (Å²) in [5.74, 6) is -0.0582. The molecule has 0 radical (unpaired) electrons. The van der Waals surface area contributed by atoms with E-state index in [2.05, 4.69) is 4.98 Å². The lowest BCUT2D eigenvalue weighted by molar-refractivity contribution is -0.132. The first-order chi connectivity index (χ1) is 13.2. The minimum atomic E-state index is -3.24. The average Bonchev–Trinajstić information content (AvgIpc) is 2.68. The molecular weight excluding hydrogens is 382 g/mol. The molecule has 1 aliphatic rings. The summed E-state index contributed by atoms with van der Waals surface area (Å²) in [6.45, 7) is 1.43. The van der Waals surface area contributed by atoms with Crippen LogP contribution in [0.3, 0.4) is 0 Å². The Balaban J connectivity index is 1.62. The Morgan fingerprint density at radius 3 is 2.11 bits per heavy atom. The molecule has 28 heavy (non-hydrogen) atoms. The number of carbonyl (C=O) groups is 2. The second-order valence-electron chi connectivity index (χ2n) is 6.68. The van der Waals surface area contributed by atoms with Gasteiger partial charge in [-0.3, -0.25) is 9.78 Å². The van der Waals surface area contributed by atoms with Crippen molar-refractivity contribution < 1.29 is 23.1 Å². The van der Waals surface area contributed by atoms with E-state index in [4.69, 9.17) is 5.11 Å². The second kappa shape index (κ2) is 7.97. The van der Waals surface area contributed by atoms with Crippen LogP contribution < -0.4 is 0 Å². The van der Waals surface area contributed by atoms with Crippen molar-refractivity contribution in [3.05, 3.63) is 48.2 Å². The molecule has 3 rings (SSSR count). The van der Waals surface area contributed by atoms with Gasteiger partial charge in [-0.1, -0.05) is 18.2 Å². The molecule has 1 aromatic heterocycles. The van der Waals surface area contributed by atoms with Gasteiger partial charge in [0.1, 0.15) is 0 Å². The second-order valence-corrected chi connectivity index (χ2v) is 8.69. The summed E-state index contributed by atoms with van der Waals surface area (Å²) in [6.07, 6.45) is 2.03. The van der Waals surface area contributed by atoms with E-state index in [1.165, 1.54) is 4.90 Å². The molecule has 0 bridgehead atoms. The lowest BCUT2D eigenvalue weighted by Crippen LogP contribution is -2.50. The van der Waals surface area contributed by atoms with Gasteiger partial charge in [-0.05, 0) is 23.8 Å². The van der Waals surface area contributed by atoms with Crippen LogP contribution in [0.25, 0.3) is 11.3 Å². The van der Waals surface area contributed by atoms with Gasteiger partial charge in [-0.2, -0.15) is 0 Å². The first kappa shape index (κ1) is 19.8. The molecule has 0 atom stereocenters. The molecule has 8 nitrogen and oxygen atoms in total. The van der Waals surface area contributed by atoms with Gasteiger partial charge in [-0.25, -0.2) is 13.2 Å². The van der Waals surface area contributed by atoms with Gasteiger partial charge < -0.3 is 14.9 Å². The minimum Gasteiger partial charge on any atom is -0.465 e. The number of benzene rings is 1. The van der Waals surface area contributed by atoms with Crippen LogP contribution in [0.5, 0.6) is 0 Å². The Labute approximate surface area is 163 Å². The molecule has 1 saturated heterocycles. The predicted molar refractivity (Wildman–Crippen MR) is 103 cm³/mol. The average molecular weight is 403 g/mol. The van der Waals surface area contributed by atoms with Crippen LogP contribution in [0.4, 0.5) is 4.79 Å². The molecule has 148 valence electrons. The van der Waals surface area contributed by atoms with Gasteiger partial charge in [-0.15, -0.1) is 0 Å². The van der Waals surface area contributed by atoms with Crippen LogP contribution >= 0.6 is 0 Å². The Hall–Kier alpha value is -2.94. The number of hydrogen-bond donors (Lipinski definition) is 1. The van der Waals surface area contributed by atoms with E-state index in [9.17, 15) is 18.0 Å². The van der Waals surface area contributed by atoms with Crippen molar-refractivity contribution in [2.45, 2.75) is 11.3 Å². The number of amides is 2. The van der Waals surface area contributed by atoms with Gasteiger partial charge in [0.15, 0.2) is 9.84 Å². The maximum absolute atomic E-state index is 12.4. The van der Waals surface area contributed by atoms with Gasteiger partial charge >= 0.3 is 6.09 Å². The Kier molecular flexibility index (Phi) is 5.64. The molecule has 1 aliphatic heterocycles. The summed E-state index contributed by atoms with van der Waals surface area (Å²) in [5, 5.41) is 8.96. The highest BCUT2D eigenvalue weighted by Crippen LogP contribution is 2.20. The SMILES string of the molecule is CS(=O)(=O)c1ccc(-c2ccc(CC(=O)N3CCN(C(=O)O)CC3)cn2)cc1. The van der Waals surface area contributed by atoms with Crippen molar-refractivity contribution in [2.24, 2.45) is 0 Å². The maximum atomic E-state index is 12.4. The van der Waals surface area contributed by atoms with E-state index in [1.807, 2.05) is 6.07 Å². The van der Waals surface area contributed by atoms with E-state index >= 15 is 0 Å². The lowest BCUT2D eigenvalue weighted by atomic mass is 10.1. The monoisotopic (exact) mass is 403 g/mol. The van der Waals surface area contributed by atoms with Crippen molar-refractivity contribution in [3.63, 3.8) is 0 Å². The highest BCUT2D eigenvalue weighted by Gasteiger charge is 2.23. The Morgan fingerprint density at radius 1 is 1.00 bits per heavy atom. The summed E-state index contributed by atoms with van der Waals surface area (Å²) in [7, 11) is -3.24. The standard InChI is InChI=1S/C19H21N3O5S/c1-28(26,27)16-5-3-15(4-6-16)17-7-2-14(13-20-17)12-18(23)21-8-10-22(11-9-21)19(24)25/h2-7,13H,8-12H2,1H3,(H,24,25). The normalized spacial score (nSPS) is 14.8. The van der Waals surface area contributed by atoms with Gasteiger partial charge in [0.05, 0.1) is 17.0 Å². The van der Waals surface area contributed by atoms with E-state index in [1.54, 1.807) is 41.4 Å². The number of rotatable bonds is 4. The molecule has 9 heteroatoms. The first-order valence-corrected chi connectivity index (χ1v) is 10.6. The van der Waals surface area contributed by atoms with Crippen LogP contribution in [0.1, 0.15) is 5.56 Å². The fourth-order valence-corrected chi connectivity index (χ4v) is 3.64. The number of carboxylic acid groups (broad SMARTS) is 1. The van der Waals surface area contributed by atoms with E-state index in [-0.39, 0.29) is 17.2 Å². The van der Waals surface area contributed by atoms with Crippen LogP contribution in [0, 0.1) is 0 Å². The molecule has 2 amide bonds. The van der Waals surface area contributed by atoms with Crippen molar-refractivity contribution in [1.82, 2.24) is 14.8 Å². The minimum absolute atomic E-state index is 0.0582. The maximum Gasteiger partial charge on any atom is 0.407 e. The number of piperazine rings is 1. The number of aromatic nitrogens is 1. The molecule has 2 heterocycles. The zero-order chi connectivity index (χ0) is 20.3. The van der Waals surface area contributed by atoms with E-state index < -0.39 is 15.9 Å². The molecule has 0 unspecified atom stereocenters. The summed E-state index contributed by atoms with van der Waals surface area (Å²) in [6, 6.07) is 10.1. The molecule has 0 spiro atoms. The van der Waals surface area contributed by atoms with Gasteiger partial charge in [0, 0.05) is 44.2 Å². The largest absolute Gasteiger partial charge is 0.465 e. The van der Waals surface area contributed by atoms with Gasteiger partial charge in [0.2, 0.25) is 5.91 Å². The predicted octanol–water partition coefficient (Wildman–Crippen LogP) is 1.52. The van der Waals surface area contributed by atoms with Crippen LogP contribution in [0.2, 0.25) is 0 Å². The lowest BCUT2D eigenvalue weighted by Gasteiger charge is -2.33. The molecule has 1 N–H and O–H groups in total. The molecule has 1 fully saturated rings. The summed E-state index contributed by atoms with van der Waals surface area (Å²) in [4.78, 5) is 30.9. The van der Waals surface area contributed by atoms with Crippen LogP contribution in [-0.2, 0) is 21.1 Å². The van der Waals surface area contributed by atoms with Crippen molar-refractivity contribution in [3.8, 4) is 11.3 Å². The first-order valence-electron chi connectivity index (χ1n) is 8.75. The van der Waals surface area contributed by atoms with Crippen LogP contribution in [0.15, 0.2) is 47.5 Å². The van der Waals surface area contributed by atoms with E-state index in [0.29, 0.717) is 31.9 Å². The zero-order valence-electron chi connectivity index (χ0n) is 15.4. The third-order valence-corrected chi connectivity index (χ3v) is 5.79. The van der Waals surface area contributed by atoms with Crippen molar-refractivity contribution in [1.29, 1.82) is 0 Å². The van der Waals surface area contributed by atoms with Gasteiger partial charge in [0.25, 0.3) is 0 Å². The number of hydrogen-bond acceptors (Lipinski definition) is 5. The summed E-state index contributed by atoms with van der Waals surface area (Å²) >= 11 is 0. The molecule has 0 aliphatic carbocycles. The number of sulfone groups is 1. The number of pyridine rings is 1. The van der Waals surface area contributed by atoms with Crippen molar-refractivity contribution >= 4 is 21.8 Å². The summed E-state index contributed by atoms with van der Waals surface area (Å²) < 4.78 is 23.1. The highest BCUT2D eigenvalue weighted by atomic mass is 32.2. The molecule has 1 aromatic carbocycles. The molecule has 2 aromatic rings. The third-order valence-electron chi connectivity index (χ3n) is 4.66. The topological polar surface area (TPSA) is 108 Å². The Bertz CT molecular complexity index is 964. The Morgan fingerprint density at radius 2 is 1.61 bits per heavy atom. The zero-order valence-corrected chi connectivity index (χ0v) is 16.2. The fourth-order valence-electron chi connectivity index (χ4n) is 3.01. The third kappa shape index (κ3) is 4.66. The van der Waals surface area contributed by atoms with Crippen LogP contribution in [-0.4, -0.2) is 72.7 Å². The van der Waals surface area contributed by atoms with E-state index in [0.717, 1.165) is 17.4 Å². The molecule has 0 saturated carbocycles. The highest BCUT2D eigenvalue weighted by molar-refractivity contribution is 7.90. The number of nitrogens with zero attached hydrogens (tertiary/aromatic N) is 3. The molecular formula is C19H21N3O5S. The smallest absolute Gasteiger partial charge is 0.407 e.